The van der Waals surface area contributed by atoms with Gasteiger partial charge >= 0.3 is 0 Å². The lowest BCUT2D eigenvalue weighted by atomic mass is 9.88. The zero-order valence-electron chi connectivity index (χ0n) is 11.4. The largest absolute Gasteiger partial charge is 0.375 e. The van der Waals surface area contributed by atoms with Crippen LogP contribution in [0, 0.1) is 0 Å². The predicted molar refractivity (Wildman–Crippen MR) is 78.5 cm³/mol. The van der Waals surface area contributed by atoms with Gasteiger partial charge in [0.2, 0.25) is 0 Å². The summed E-state index contributed by atoms with van der Waals surface area (Å²) in [5.74, 6) is -0.349. The maximum Gasteiger partial charge on any atom is 0.261 e. The smallest absolute Gasteiger partial charge is 0.261 e. The molecule has 3 heteroatoms. The summed E-state index contributed by atoms with van der Waals surface area (Å²) in [6.07, 6.45) is 1.27. The summed E-state index contributed by atoms with van der Waals surface area (Å²) in [5.41, 5.74) is 2.09. The van der Waals surface area contributed by atoms with E-state index < -0.39 is 5.60 Å². The van der Waals surface area contributed by atoms with Crippen LogP contribution in [0.5, 0.6) is 0 Å². The van der Waals surface area contributed by atoms with Crippen molar-refractivity contribution >= 4 is 11.6 Å². The molecule has 2 N–H and O–H groups in total. The fourth-order valence-corrected chi connectivity index (χ4v) is 2.66. The van der Waals surface area contributed by atoms with Gasteiger partial charge in [-0.1, -0.05) is 49.4 Å². The van der Waals surface area contributed by atoms with Crippen molar-refractivity contribution in [3.8, 4) is 0 Å². The van der Waals surface area contributed by atoms with Crippen LogP contribution in [0.4, 0.5) is 5.69 Å². The fraction of sp³-hybridized carbons (Fsp3) is 0.235. The number of nitrogens with one attached hydrogen (secondary N) is 1. The molecule has 1 amide bonds. The molecular weight excluding hydrogens is 250 g/mol. The quantitative estimate of drug-likeness (QED) is 0.898. The van der Waals surface area contributed by atoms with Crippen LogP contribution in [0.2, 0.25) is 0 Å². The highest BCUT2D eigenvalue weighted by Crippen LogP contribution is 2.38. The molecule has 0 aliphatic carbocycles. The maximum absolute atomic E-state index is 12.1. The number of hydrogen-bond acceptors (Lipinski definition) is 2. The van der Waals surface area contributed by atoms with Gasteiger partial charge in [-0.25, -0.2) is 0 Å². The van der Waals surface area contributed by atoms with Crippen molar-refractivity contribution in [1.82, 2.24) is 0 Å². The van der Waals surface area contributed by atoms with Crippen molar-refractivity contribution in [2.45, 2.75) is 25.4 Å². The van der Waals surface area contributed by atoms with Crippen LogP contribution >= 0.6 is 0 Å². The Morgan fingerprint density at radius 2 is 1.70 bits per heavy atom. The summed E-state index contributed by atoms with van der Waals surface area (Å²) in [6, 6.07) is 15.3. The average Bonchev–Trinajstić information content (AvgIpc) is 2.72. The number of carbonyl (C=O) groups excluding carboxylic acids is 1. The number of anilines is 1. The van der Waals surface area contributed by atoms with Gasteiger partial charge in [0.05, 0.1) is 0 Å². The number of hydrogen-bond donors (Lipinski definition) is 2. The van der Waals surface area contributed by atoms with E-state index in [-0.39, 0.29) is 5.91 Å². The third kappa shape index (κ3) is 2.00. The number of rotatable bonds is 3. The molecule has 2 aromatic rings. The first kappa shape index (κ1) is 12.9. The summed E-state index contributed by atoms with van der Waals surface area (Å²) in [7, 11) is 0. The van der Waals surface area contributed by atoms with Crippen LogP contribution in [-0.4, -0.2) is 11.0 Å². The van der Waals surface area contributed by atoms with Crippen molar-refractivity contribution < 1.29 is 9.90 Å². The van der Waals surface area contributed by atoms with E-state index in [2.05, 4.69) is 12.2 Å². The highest BCUT2D eigenvalue weighted by molar-refractivity contribution is 6.05. The van der Waals surface area contributed by atoms with Crippen molar-refractivity contribution in [1.29, 1.82) is 0 Å². The van der Waals surface area contributed by atoms with Gasteiger partial charge in [-0.15, -0.1) is 0 Å². The standard InChI is InChI=1S/C17H17NO2/c1-2-12-7-9-13(10-8-12)11-17(20)14-5-3-4-6-15(14)18-16(17)19/h3-10,20H,2,11H2,1H3,(H,18,19). The zero-order valence-corrected chi connectivity index (χ0v) is 11.4. The van der Waals surface area contributed by atoms with Gasteiger partial charge < -0.3 is 10.4 Å². The van der Waals surface area contributed by atoms with Crippen LogP contribution < -0.4 is 5.32 Å². The van der Waals surface area contributed by atoms with Gasteiger partial charge in [-0.2, -0.15) is 0 Å². The first-order valence-electron chi connectivity index (χ1n) is 6.84. The number of aliphatic hydroxyl groups is 1. The van der Waals surface area contributed by atoms with Gasteiger partial charge in [0.25, 0.3) is 5.91 Å². The van der Waals surface area contributed by atoms with E-state index >= 15 is 0 Å². The second kappa shape index (κ2) is 4.76. The minimum absolute atomic E-state index is 0.292. The lowest BCUT2D eigenvalue weighted by Crippen LogP contribution is -2.36. The molecule has 1 unspecified atom stereocenters. The molecule has 2 aromatic carbocycles. The van der Waals surface area contributed by atoms with E-state index in [1.807, 2.05) is 42.5 Å². The first-order valence-corrected chi connectivity index (χ1v) is 6.84. The Kier molecular flexibility index (Phi) is 3.07. The van der Waals surface area contributed by atoms with Gasteiger partial charge in [0.15, 0.2) is 5.60 Å². The molecule has 1 aliphatic rings. The molecule has 0 spiro atoms. The summed E-state index contributed by atoms with van der Waals surface area (Å²) in [6.45, 7) is 2.10. The molecule has 0 aromatic heterocycles. The number of amides is 1. The van der Waals surface area contributed by atoms with Crippen LogP contribution in [0.15, 0.2) is 48.5 Å². The normalized spacial score (nSPS) is 20.6. The van der Waals surface area contributed by atoms with E-state index in [9.17, 15) is 9.90 Å². The second-order valence-corrected chi connectivity index (χ2v) is 5.21. The molecule has 20 heavy (non-hydrogen) atoms. The van der Waals surface area contributed by atoms with Crippen LogP contribution in [0.1, 0.15) is 23.6 Å². The molecule has 0 saturated carbocycles. The third-order valence-corrected chi connectivity index (χ3v) is 3.89. The molecule has 0 fully saturated rings. The lowest BCUT2D eigenvalue weighted by molar-refractivity contribution is -0.133. The van der Waals surface area contributed by atoms with E-state index in [0.29, 0.717) is 17.7 Å². The van der Waals surface area contributed by atoms with Crippen molar-refractivity contribution in [2.75, 3.05) is 5.32 Å². The molecule has 1 aliphatic heterocycles. The van der Waals surface area contributed by atoms with E-state index in [4.69, 9.17) is 0 Å². The van der Waals surface area contributed by atoms with Gasteiger partial charge in [-0.05, 0) is 23.6 Å². The Balaban J connectivity index is 1.94. The fourth-order valence-electron chi connectivity index (χ4n) is 2.66. The average molecular weight is 267 g/mol. The van der Waals surface area contributed by atoms with Gasteiger partial charge in [0.1, 0.15) is 0 Å². The van der Waals surface area contributed by atoms with E-state index in [1.54, 1.807) is 6.07 Å². The Morgan fingerprint density at radius 3 is 2.40 bits per heavy atom. The number of fused-ring (bicyclic) bond motifs is 1. The Bertz CT molecular complexity index is 648. The lowest BCUT2D eigenvalue weighted by Gasteiger charge is -2.21. The van der Waals surface area contributed by atoms with Gasteiger partial charge in [-0.3, -0.25) is 4.79 Å². The first-order chi connectivity index (χ1) is 9.63. The second-order valence-electron chi connectivity index (χ2n) is 5.21. The molecular formula is C17H17NO2. The Morgan fingerprint density at radius 1 is 1.05 bits per heavy atom. The molecule has 0 bridgehead atoms. The number of aryl methyl sites for hydroxylation is 1. The van der Waals surface area contributed by atoms with Crippen LogP contribution in [0.25, 0.3) is 0 Å². The molecule has 102 valence electrons. The summed E-state index contributed by atoms with van der Waals surface area (Å²) in [4.78, 5) is 12.1. The highest BCUT2D eigenvalue weighted by atomic mass is 16.3. The number of para-hydroxylation sites is 1. The number of benzene rings is 2. The maximum atomic E-state index is 12.1. The van der Waals surface area contributed by atoms with Crippen molar-refractivity contribution in [3.63, 3.8) is 0 Å². The predicted octanol–water partition coefficient (Wildman–Crippen LogP) is 2.63. The van der Waals surface area contributed by atoms with Crippen LogP contribution in [0.3, 0.4) is 0 Å². The molecule has 3 rings (SSSR count). The monoisotopic (exact) mass is 267 g/mol. The molecule has 0 saturated heterocycles. The minimum atomic E-state index is -1.47. The Labute approximate surface area is 118 Å². The van der Waals surface area contributed by atoms with E-state index in [0.717, 1.165) is 12.0 Å². The molecule has 3 nitrogen and oxygen atoms in total. The molecule has 1 atom stereocenters. The Hall–Kier alpha value is -2.13. The van der Waals surface area contributed by atoms with Crippen molar-refractivity contribution in [3.05, 3.63) is 65.2 Å². The molecule has 1 heterocycles. The third-order valence-electron chi connectivity index (χ3n) is 3.89. The molecule has 0 radical (unpaired) electrons. The minimum Gasteiger partial charge on any atom is -0.375 e. The highest BCUT2D eigenvalue weighted by Gasteiger charge is 2.44. The van der Waals surface area contributed by atoms with Crippen molar-refractivity contribution in [2.24, 2.45) is 0 Å². The van der Waals surface area contributed by atoms with Crippen LogP contribution in [-0.2, 0) is 23.2 Å². The van der Waals surface area contributed by atoms with E-state index in [1.165, 1.54) is 5.56 Å². The summed E-state index contributed by atoms with van der Waals surface area (Å²) in [5, 5.41) is 13.5. The summed E-state index contributed by atoms with van der Waals surface area (Å²) < 4.78 is 0. The summed E-state index contributed by atoms with van der Waals surface area (Å²) >= 11 is 0. The topological polar surface area (TPSA) is 49.3 Å². The zero-order chi connectivity index (χ0) is 14.2. The van der Waals surface area contributed by atoms with Gasteiger partial charge in [0, 0.05) is 17.7 Å². The SMILES string of the molecule is CCc1ccc(CC2(O)C(=O)Nc3ccccc32)cc1. The number of carbonyl (C=O) groups is 1.